The van der Waals surface area contributed by atoms with Crippen molar-refractivity contribution in [2.75, 3.05) is 22.3 Å². The van der Waals surface area contributed by atoms with E-state index >= 15 is 0 Å². The predicted molar refractivity (Wildman–Crippen MR) is 131 cm³/mol. The van der Waals surface area contributed by atoms with Crippen LogP contribution in [0.5, 0.6) is 0 Å². The van der Waals surface area contributed by atoms with E-state index in [1.165, 1.54) is 10.9 Å². The maximum atomic E-state index is 12.4. The largest absolute Gasteiger partial charge is 0.334 e. The van der Waals surface area contributed by atoms with Gasteiger partial charge in [0.1, 0.15) is 0 Å². The first-order valence-corrected chi connectivity index (χ1v) is 11.1. The van der Waals surface area contributed by atoms with Crippen molar-refractivity contribution in [1.82, 2.24) is 14.9 Å². The van der Waals surface area contributed by atoms with Crippen molar-refractivity contribution in [2.45, 2.75) is 5.16 Å². The third kappa shape index (κ3) is 4.96. The lowest BCUT2D eigenvalue weighted by molar-refractivity contribution is -0.113. The molecule has 1 aromatic heterocycles. The zero-order valence-corrected chi connectivity index (χ0v) is 18.8. The molecule has 0 aliphatic rings. The van der Waals surface area contributed by atoms with Crippen molar-refractivity contribution >= 4 is 69.5 Å². The van der Waals surface area contributed by atoms with E-state index in [-0.39, 0.29) is 17.6 Å². The minimum absolute atomic E-state index is 0.111. The lowest BCUT2D eigenvalue weighted by atomic mass is 10.1. The Bertz CT molecular complexity index is 1300. The number of halogens is 2. The number of hydrogen-bond donors (Lipinski definition) is 3. The number of carbonyl (C=O) groups excluding carboxylic acids is 1. The second kappa shape index (κ2) is 9.90. The van der Waals surface area contributed by atoms with Gasteiger partial charge in [0.25, 0.3) is 5.95 Å². The van der Waals surface area contributed by atoms with E-state index in [4.69, 9.17) is 29.0 Å². The molecule has 0 saturated heterocycles. The quantitative estimate of drug-likeness (QED) is 0.152. The van der Waals surface area contributed by atoms with Gasteiger partial charge >= 0.3 is 0 Å². The monoisotopic (exact) mass is 485 g/mol. The Morgan fingerprint density at radius 3 is 2.75 bits per heavy atom. The first-order valence-electron chi connectivity index (χ1n) is 9.37. The molecule has 3 aromatic carbocycles. The van der Waals surface area contributed by atoms with Crippen molar-refractivity contribution in [3.05, 3.63) is 76.3 Å². The third-order valence-electron chi connectivity index (χ3n) is 4.41. The van der Waals surface area contributed by atoms with Gasteiger partial charge in [-0.3, -0.25) is 4.79 Å². The van der Waals surface area contributed by atoms with Gasteiger partial charge in [-0.25, -0.2) is 10.1 Å². The number of nitrogens with zero attached hydrogens (tertiary/aromatic N) is 4. The Balaban J connectivity index is 1.36. The molecule has 8 nitrogen and oxygen atoms in total. The molecule has 0 radical (unpaired) electrons. The summed E-state index contributed by atoms with van der Waals surface area (Å²) in [4.78, 5) is 12.4. The molecule has 4 aromatic rings. The number of thioether (sulfide) groups is 1. The zero-order valence-electron chi connectivity index (χ0n) is 16.5. The van der Waals surface area contributed by atoms with Gasteiger partial charge in [-0.05, 0) is 17.5 Å². The lowest BCUT2D eigenvalue weighted by Crippen LogP contribution is -2.17. The van der Waals surface area contributed by atoms with E-state index in [1.54, 1.807) is 18.2 Å². The maximum Gasteiger partial charge on any atom is 0.264 e. The molecule has 0 bridgehead atoms. The molecule has 4 N–H and O–H groups in total. The Morgan fingerprint density at radius 2 is 1.88 bits per heavy atom. The highest BCUT2D eigenvalue weighted by atomic mass is 35.5. The maximum absolute atomic E-state index is 12.4. The molecule has 0 atom stereocenters. The van der Waals surface area contributed by atoms with Crippen LogP contribution in [0.25, 0.3) is 10.8 Å². The summed E-state index contributed by atoms with van der Waals surface area (Å²) >= 11 is 13.3. The smallest absolute Gasteiger partial charge is 0.264 e. The first-order chi connectivity index (χ1) is 15.5. The number of nitrogens with one attached hydrogen (secondary N) is 2. The zero-order chi connectivity index (χ0) is 22.5. The second-order valence-electron chi connectivity index (χ2n) is 6.55. The summed E-state index contributed by atoms with van der Waals surface area (Å²) in [5, 5.41) is 18.1. The fraction of sp³-hybridized carbons (Fsp3) is 0.0476. The Labute approximate surface area is 197 Å². The van der Waals surface area contributed by atoms with Gasteiger partial charge < -0.3 is 11.2 Å². The second-order valence-corrected chi connectivity index (χ2v) is 8.28. The molecular weight excluding hydrogens is 469 g/mol. The number of carbonyl (C=O) groups is 1. The van der Waals surface area contributed by atoms with Gasteiger partial charge in [-0.15, -0.1) is 10.2 Å². The predicted octanol–water partition coefficient (Wildman–Crippen LogP) is 4.63. The SMILES string of the molecule is Nn1c(N/N=C/c2cccc(Cl)c2Cl)nnc1SCC(=O)Nc1cccc2ccccc12. The van der Waals surface area contributed by atoms with E-state index in [1.807, 2.05) is 42.5 Å². The van der Waals surface area contributed by atoms with Crippen LogP contribution in [-0.4, -0.2) is 32.7 Å². The molecule has 0 unspecified atom stereocenters. The molecule has 0 fully saturated rings. The van der Waals surface area contributed by atoms with Gasteiger partial charge in [0, 0.05) is 16.6 Å². The number of hydrogen-bond acceptors (Lipinski definition) is 7. The number of amides is 1. The molecule has 1 heterocycles. The number of aromatic nitrogens is 3. The van der Waals surface area contributed by atoms with Crippen molar-refractivity contribution in [2.24, 2.45) is 5.10 Å². The topological polar surface area (TPSA) is 110 Å². The summed E-state index contributed by atoms with van der Waals surface area (Å²) < 4.78 is 1.22. The highest BCUT2D eigenvalue weighted by molar-refractivity contribution is 7.99. The number of rotatable bonds is 7. The lowest BCUT2D eigenvalue weighted by Gasteiger charge is -2.08. The molecular formula is C21H17Cl2N7OS. The summed E-state index contributed by atoms with van der Waals surface area (Å²) in [5.74, 6) is 6.14. The Morgan fingerprint density at radius 1 is 1.09 bits per heavy atom. The fourth-order valence-electron chi connectivity index (χ4n) is 2.88. The van der Waals surface area contributed by atoms with Crippen molar-refractivity contribution in [3.8, 4) is 0 Å². The van der Waals surface area contributed by atoms with Crippen molar-refractivity contribution < 1.29 is 4.79 Å². The van der Waals surface area contributed by atoms with Crippen LogP contribution in [-0.2, 0) is 4.79 Å². The standard InChI is InChI=1S/C21H17Cl2N7OS/c22-16-9-3-7-14(19(16)23)11-25-27-20-28-29-21(30(20)24)32-12-18(31)26-17-10-4-6-13-5-1-2-8-15(13)17/h1-11H,12,24H2,(H,26,31)(H,27,28)/b25-11+. The fourth-order valence-corrected chi connectivity index (χ4v) is 3.90. The van der Waals surface area contributed by atoms with Gasteiger partial charge in [-0.2, -0.15) is 5.10 Å². The van der Waals surface area contributed by atoms with Gasteiger partial charge in [0.15, 0.2) is 0 Å². The first kappa shape index (κ1) is 21.9. The number of anilines is 2. The van der Waals surface area contributed by atoms with E-state index < -0.39 is 0 Å². The Hall–Kier alpha value is -3.27. The minimum Gasteiger partial charge on any atom is -0.334 e. The van der Waals surface area contributed by atoms with Crippen LogP contribution in [0, 0.1) is 0 Å². The molecule has 0 aliphatic carbocycles. The molecule has 32 heavy (non-hydrogen) atoms. The van der Waals surface area contributed by atoms with Crippen molar-refractivity contribution in [3.63, 3.8) is 0 Å². The van der Waals surface area contributed by atoms with Crippen LogP contribution in [0.15, 0.2) is 70.9 Å². The highest BCUT2D eigenvalue weighted by Crippen LogP contribution is 2.25. The van der Waals surface area contributed by atoms with Crippen LogP contribution in [0.3, 0.4) is 0 Å². The number of fused-ring (bicyclic) bond motifs is 1. The average molecular weight is 486 g/mol. The van der Waals surface area contributed by atoms with Gasteiger partial charge in [0.05, 0.1) is 22.0 Å². The van der Waals surface area contributed by atoms with Crippen LogP contribution < -0.4 is 16.6 Å². The number of benzene rings is 3. The molecule has 4 rings (SSSR count). The molecule has 1 amide bonds. The third-order valence-corrected chi connectivity index (χ3v) is 6.19. The Kier molecular flexibility index (Phi) is 6.79. The van der Waals surface area contributed by atoms with Gasteiger partial charge in [0.2, 0.25) is 11.1 Å². The van der Waals surface area contributed by atoms with Crippen molar-refractivity contribution in [1.29, 1.82) is 0 Å². The summed E-state index contributed by atoms with van der Waals surface area (Å²) in [7, 11) is 0. The molecule has 0 aliphatic heterocycles. The van der Waals surface area contributed by atoms with E-state index in [2.05, 4.69) is 26.0 Å². The minimum atomic E-state index is -0.183. The number of nitrogens with two attached hydrogens (primary N) is 1. The van der Waals surface area contributed by atoms with E-state index in [9.17, 15) is 4.79 Å². The number of nitrogen functional groups attached to an aromatic ring is 1. The molecule has 0 spiro atoms. The summed E-state index contributed by atoms with van der Waals surface area (Å²) in [5.41, 5.74) is 4.08. The summed E-state index contributed by atoms with van der Waals surface area (Å²) in [6.45, 7) is 0. The molecule has 11 heteroatoms. The highest BCUT2D eigenvalue weighted by Gasteiger charge is 2.13. The summed E-state index contributed by atoms with van der Waals surface area (Å²) in [6.07, 6.45) is 1.49. The average Bonchev–Trinajstić information content (AvgIpc) is 3.15. The normalized spacial score (nSPS) is 11.2. The van der Waals surface area contributed by atoms with E-state index in [0.717, 1.165) is 28.2 Å². The van der Waals surface area contributed by atoms with E-state index in [0.29, 0.717) is 20.8 Å². The molecule has 162 valence electrons. The van der Waals surface area contributed by atoms with Crippen LogP contribution in [0.1, 0.15) is 5.56 Å². The summed E-state index contributed by atoms with van der Waals surface area (Å²) in [6, 6.07) is 18.8. The van der Waals surface area contributed by atoms with Gasteiger partial charge in [-0.1, -0.05) is 83.5 Å². The van der Waals surface area contributed by atoms with Crippen LogP contribution in [0.2, 0.25) is 10.0 Å². The number of hydrazone groups is 1. The van der Waals surface area contributed by atoms with Crippen LogP contribution >= 0.6 is 35.0 Å². The van der Waals surface area contributed by atoms with Crippen LogP contribution in [0.4, 0.5) is 11.6 Å². The molecule has 0 saturated carbocycles.